The van der Waals surface area contributed by atoms with Crippen molar-refractivity contribution in [3.8, 4) is 0 Å². The third-order valence-corrected chi connectivity index (χ3v) is 4.09. The summed E-state index contributed by atoms with van der Waals surface area (Å²) in [6.45, 7) is 4.24. The lowest BCUT2D eigenvalue weighted by Gasteiger charge is -2.35. The number of carbonyl (C=O) groups is 2. The number of carbonyl (C=O) groups excluding carboxylic acids is 2. The number of hydrogen-bond donors (Lipinski definition) is 2. The van der Waals surface area contributed by atoms with Crippen molar-refractivity contribution in [1.82, 2.24) is 20.2 Å². The fourth-order valence-electron chi connectivity index (χ4n) is 2.82. The third kappa shape index (κ3) is 3.33. The van der Waals surface area contributed by atoms with Crippen LogP contribution >= 0.6 is 0 Å². The molecule has 0 aliphatic carbocycles. The van der Waals surface area contributed by atoms with E-state index in [-0.39, 0.29) is 24.3 Å². The highest BCUT2D eigenvalue weighted by atomic mass is 16.2. The molecular formula is C14H21N6O2+. The van der Waals surface area contributed by atoms with Gasteiger partial charge in [0.25, 0.3) is 5.91 Å². The van der Waals surface area contributed by atoms with Crippen LogP contribution in [0.15, 0.2) is 18.5 Å². The van der Waals surface area contributed by atoms with E-state index in [2.05, 4.69) is 20.2 Å². The lowest BCUT2D eigenvalue weighted by Crippen LogP contribution is -2.96. The van der Waals surface area contributed by atoms with Crippen molar-refractivity contribution in [2.75, 3.05) is 44.2 Å². The predicted molar refractivity (Wildman–Crippen MR) is 79.0 cm³/mol. The molecule has 2 amide bonds. The van der Waals surface area contributed by atoms with E-state index in [0.717, 1.165) is 19.6 Å². The van der Waals surface area contributed by atoms with Crippen molar-refractivity contribution in [3.05, 3.63) is 18.5 Å². The SMILES string of the molecule is O=C1NCC[NH2+][C@H]1CC(=O)N1CCN(c2ncccn2)CC1. The molecule has 3 N–H and O–H groups in total. The minimum Gasteiger partial charge on any atom is -0.345 e. The van der Waals surface area contributed by atoms with Gasteiger partial charge in [-0.2, -0.15) is 0 Å². The Balaban J connectivity index is 1.50. The van der Waals surface area contributed by atoms with E-state index >= 15 is 0 Å². The molecule has 2 fully saturated rings. The zero-order valence-electron chi connectivity index (χ0n) is 12.4. The molecule has 8 nitrogen and oxygen atoms in total. The van der Waals surface area contributed by atoms with Gasteiger partial charge in [0.2, 0.25) is 11.9 Å². The minimum absolute atomic E-state index is 0.0316. The van der Waals surface area contributed by atoms with Crippen LogP contribution in [0.25, 0.3) is 0 Å². The van der Waals surface area contributed by atoms with Gasteiger partial charge in [0.15, 0.2) is 6.04 Å². The second-order valence-corrected chi connectivity index (χ2v) is 5.54. The van der Waals surface area contributed by atoms with Crippen LogP contribution in [0.2, 0.25) is 0 Å². The lowest BCUT2D eigenvalue weighted by atomic mass is 10.1. The van der Waals surface area contributed by atoms with Crippen molar-refractivity contribution in [1.29, 1.82) is 0 Å². The molecule has 8 heteroatoms. The van der Waals surface area contributed by atoms with Crippen molar-refractivity contribution in [2.45, 2.75) is 12.5 Å². The molecule has 22 heavy (non-hydrogen) atoms. The Morgan fingerprint density at radius 3 is 2.68 bits per heavy atom. The molecule has 0 spiro atoms. The van der Waals surface area contributed by atoms with Gasteiger partial charge in [-0.25, -0.2) is 9.97 Å². The number of nitrogens with zero attached hydrogens (tertiary/aromatic N) is 4. The summed E-state index contributed by atoms with van der Waals surface area (Å²) >= 11 is 0. The van der Waals surface area contributed by atoms with E-state index in [1.54, 1.807) is 18.5 Å². The Morgan fingerprint density at radius 1 is 1.27 bits per heavy atom. The number of quaternary nitrogens is 1. The van der Waals surface area contributed by atoms with Crippen LogP contribution in [0.4, 0.5) is 5.95 Å². The van der Waals surface area contributed by atoms with Gasteiger partial charge in [0.1, 0.15) is 0 Å². The Hall–Kier alpha value is -2.22. The van der Waals surface area contributed by atoms with E-state index in [9.17, 15) is 9.59 Å². The smallest absolute Gasteiger partial charge is 0.278 e. The van der Waals surface area contributed by atoms with Crippen LogP contribution in [-0.4, -0.2) is 72.0 Å². The fourth-order valence-corrected chi connectivity index (χ4v) is 2.82. The number of amides is 2. The van der Waals surface area contributed by atoms with Crippen molar-refractivity contribution in [2.24, 2.45) is 0 Å². The molecule has 1 atom stereocenters. The molecule has 0 saturated carbocycles. The maximum atomic E-state index is 12.3. The van der Waals surface area contributed by atoms with E-state index in [4.69, 9.17) is 0 Å². The lowest BCUT2D eigenvalue weighted by molar-refractivity contribution is -0.678. The number of rotatable bonds is 3. The molecule has 0 unspecified atom stereocenters. The maximum Gasteiger partial charge on any atom is 0.278 e. The van der Waals surface area contributed by atoms with Gasteiger partial charge >= 0.3 is 0 Å². The van der Waals surface area contributed by atoms with Gasteiger partial charge in [-0.1, -0.05) is 0 Å². The molecule has 3 heterocycles. The number of anilines is 1. The largest absolute Gasteiger partial charge is 0.345 e. The average Bonchev–Trinajstić information content (AvgIpc) is 2.58. The molecule has 3 rings (SSSR count). The molecule has 0 aromatic carbocycles. The van der Waals surface area contributed by atoms with Gasteiger partial charge in [-0.05, 0) is 6.07 Å². The summed E-state index contributed by atoms with van der Waals surface area (Å²) in [5, 5.41) is 4.75. The molecule has 118 valence electrons. The molecule has 0 bridgehead atoms. The number of piperazine rings is 2. The highest BCUT2D eigenvalue weighted by molar-refractivity contribution is 5.87. The van der Waals surface area contributed by atoms with Gasteiger partial charge in [0, 0.05) is 38.6 Å². The van der Waals surface area contributed by atoms with Crippen molar-refractivity contribution in [3.63, 3.8) is 0 Å². The zero-order chi connectivity index (χ0) is 15.4. The molecular weight excluding hydrogens is 284 g/mol. The normalized spacial score (nSPS) is 22.4. The van der Waals surface area contributed by atoms with Crippen LogP contribution in [0, 0.1) is 0 Å². The Bertz CT molecular complexity index is 529. The number of nitrogens with one attached hydrogen (secondary N) is 1. The van der Waals surface area contributed by atoms with Crippen LogP contribution in [0.5, 0.6) is 0 Å². The fraction of sp³-hybridized carbons (Fsp3) is 0.571. The second-order valence-electron chi connectivity index (χ2n) is 5.54. The van der Waals surface area contributed by atoms with Crippen molar-refractivity contribution < 1.29 is 14.9 Å². The molecule has 1 aromatic rings. The summed E-state index contributed by atoms with van der Waals surface area (Å²) in [5.41, 5.74) is 0. The highest BCUT2D eigenvalue weighted by Gasteiger charge is 2.31. The molecule has 2 aliphatic heterocycles. The summed E-state index contributed by atoms with van der Waals surface area (Å²) in [4.78, 5) is 36.4. The van der Waals surface area contributed by atoms with E-state index < -0.39 is 0 Å². The van der Waals surface area contributed by atoms with Crippen LogP contribution in [0.3, 0.4) is 0 Å². The Labute approximate surface area is 128 Å². The predicted octanol–water partition coefficient (Wildman–Crippen LogP) is -2.42. The van der Waals surface area contributed by atoms with Crippen molar-refractivity contribution >= 4 is 17.8 Å². The first-order chi connectivity index (χ1) is 10.7. The first-order valence-corrected chi connectivity index (χ1v) is 7.65. The first-order valence-electron chi connectivity index (χ1n) is 7.65. The maximum absolute atomic E-state index is 12.3. The molecule has 1 aromatic heterocycles. The van der Waals surface area contributed by atoms with Gasteiger partial charge in [0.05, 0.1) is 19.5 Å². The van der Waals surface area contributed by atoms with Gasteiger partial charge in [-0.3, -0.25) is 9.59 Å². The minimum atomic E-state index is -0.281. The number of hydrogen-bond acceptors (Lipinski definition) is 5. The van der Waals surface area contributed by atoms with Crippen LogP contribution in [0.1, 0.15) is 6.42 Å². The molecule has 0 radical (unpaired) electrons. The summed E-state index contributed by atoms with van der Waals surface area (Å²) in [7, 11) is 0. The molecule has 2 aliphatic rings. The van der Waals surface area contributed by atoms with Gasteiger partial charge < -0.3 is 20.4 Å². The monoisotopic (exact) mass is 305 g/mol. The average molecular weight is 305 g/mol. The summed E-state index contributed by atoms with van der Waals surface area (Å²) < 4.78 is 0. The topological polar surface area (TPSA) is 95.0 Å². The second kappa shape index (κ2) is 6.69. The van der Waals surface area contributed by atoms with E-state index in [1.807, 2.05) is 10.2 Å². The quantitative estimate of drug-likeness (QED) is 0.648. The zero-order valence-corrected chi connectivity index (χ0v) is 12.4. The summed E-state index contributed by atoms with van der Waals surface area (Å²) in [6, 6.07) is 1.51. The van der Waals surface area contributed by atoms with E-state index in [1.165, 1.54) is 0 Å². The number of nitrogens with two attached hydrogens (primary N) is 1. The summed E-state index contributed by atoms with van der Waals surface area (Å²) in [6.07, 6.45) is 3.71. The standard InChI is InChI=1S/C14H20N6O2/c21-12(10-11-13(22)16-5-4-15-11)19-6-8-20(9-7-19)14-17-2-1-3-18-14/h1-3,11,15H,4-10H2,(H,16,22)/p+1/t11-/m0/s1. The highest BCUT2D eigenvalue weighted by Crippen LogP contribution is 2.10. The van der Waals surface area contributed by atoms with E-state index in [0.29, 0.717) is 25.6 Å². The van der Waals surface area contributed by atoms with Crippen LogP contribution < -0.4 is 15.5 Å². The molecule has 2 saturated heterocycles. The van der Waals surface area contributed by atoms with Gasteiger partial charge in [-0.15, -0.1) is 0 Å². The third-order valence-electron chi connectivity index (χ3n) is 4.09. The first kappa shape index (κ1) is 14.7. The Kier molecular flexibility index (Phi) is 4.47. The van der Waals surface area contributed by atoms with Crippen LogP contribution in [-0.2, 0) is 9.59 Å². The summed E-state index contributed by atoms with van der Waals surface area (Å²) in [5.74, 6) is 0.720. The number of aromatic nitrogens is 2. The Morgan fingerprint density at radius 2 is 2.00 bits per heavy atom.